The van der Waals surface area contributed by atoms with E-state index in [1.165, 1.54) is 11.5 Å². The molecule has 2 aromatic carbocycles. The Bertz CT molecular complexity index is 766. The van der Waals surface area contributed by atoms with Crippen LogP contribution in [-0.4, -0.2) is 8.42 Å². The predicted octanol–water partition coefficient (Wildman–Crippen LogP) is 5.23. The summed E-state index contributed by atoms with van der Waals surface area (Å²) in [4.78, 5) is 0. The van der Waals surface area contributed by atoms with Crippen LogP contribution in [0, 0.1) is 0 Å². The van der Waals surface area contributed by atoms with Crippen molar-refractivity contribution in [2.45, 2.75) is 5.75 Å². The van der Waals surface area contributed by atoms with Crippen LogP contribution in [0.25, 0.3) is 6.08 Å². The van der Waals surface area contributed by atoms with Gasteiger partial charge in [-0.15, -0.1) is 0 Å². The second kappa shape index (κ2) is 6.84. The lowest BCUT2D eigenvalue weighted by atomic mass is 10.2. The standard InChI is InChI=1S/C15H11Cl3O2S/c16-13-4-1-11(2-5-13)7-8-21(19,20)10-12-3-6-14(17)15(18)9-12/h1-9H,10H2. The van der Waals surface area contributed by atoms with E-state index in [-0.39, 0.29) is 5.75 Å². The molecule has 0 aliphatic carbocycles. The highest BCUT2D eigenvalue weighted by molar-refractivity contribution is 7.93. The topological polar surface area (TPSA) is 34.1 Å². The van der Waals surface area contributed by atoms with E-state index < -0.39 is 9.84 Å². The summed E-state index contributed by atoms with van der Waals surface area (Å²) >= 11 is 17.4. The smallest absolute Gasteiger partial charge is 0.175 e. The van der Waals surface area contributed by atoms with Crippen molar-refractivity contribution >= 4 is 50.7 Å². The van der Waals surface area contributed by atoms with E-state index in [2.05, 4.69) is 0 Å². The summed E-state index contributed by atoms with van der Waals surface area (Å²) in [6, 6.07) is 11.7. The average molecular weight is 362 g/mol. The van der Waals surface area contributed by atoms with Crippen molar-refractivity contribution in [2.75, 3.05) is 0 Å². The molecule has 0 spiro atoms. The number of hydrogen-bond acceptors (Lipinski definition) is 2. The molecule has 21 heavy (non-hydrogen) atoms. The first-order valence-electron chi connectivity index (χ1n) is 5.96. The van der Waals surface area contributed by atoms with Gasteiger partial charge in [-0.1, -0.05) is 53.0 Å². The van der Waals surface area contributed by atoms with Crippen LogP contribution < -0.4 is 0 Å². The van der Waals surface area contributed by atoms with E-state index in [1.54, 1.807) is 42.5 Å². The first-order chi connectivity index (χ1) is 9.85. The van der Waals surface area contributed by atoms with Gasteiger partial charge in [-0.25, -0.2) is 8.42 Å². The second-order valence-electron chi connectivity index (χ2n) is 4.41. The van der Waals surface area contributed by atoms with Crippen LogP contribution in [0.1, 0.15) is 11.1 Å². The van der Waals surface area contributed by atoms with Crippen LogP contribution in [0.15, 0.2) is 47.9 Å². The van der Waals surface area contributed by atoms with Gasteiger partial charge in [0.1, 0.15) is 0 Å². The van der Waals surface area contributed by atoms with E-state index >= 15 is 0 Å². The van der Waals surface area contributed by atoms with E-state index in [4.69, 9.17) is 34.8 Å². The highest BCUT2D eigenvalue weighted by Gasteiger charge is 2.09. The molecule has 110 valence electrons. The van der Waals surface area contributed by atoms with Crippen molar-refractivity contribution in [1.29, 1.82) is 0 Å². The lowest BCUT2D eigenvalue weighted by Crippen LogP contribution is -1.99. The Kier molecular flexibility index (Phi) is 5.33. The minimum atomic E-state index is -3.39. The van der Waals surface area contributed by atoms with Crippen LogP contribution in [0.4, 0.5) is 0 Å². The molecule has 0 aliphatic rings. The monoisotopic (exact) mass is 360 g/mol. The summed E-state index contributed by atoms with van der Waals surface area (Å²) in [5.74, 6) is -0.131. The van der Waals surface area contributed by atoms with Crippen LogP contribution in [0.2, 0.25) is 15.1 Å². The maximum atomic E-state index is 12.0. The van der Waals surface area contributed by atoms with Crippen LogP contribution in [0.5, 0.6) is 0 Å². The van der Waals surface area contributed by atoms with Gasteiger partial charge in [-0.3, -0.25) is 0 Å². The van der Waals surface area contributed by atoms with Crippen LogP contribution >= 0.6 is 34.8 Å². The lowest BCUT2D eigenvalue weighted by Gasteiger charge is -2.02. The van der Waals surface area contributed by atoms with Gasteiger partial charge in [-0.2, -0.15) is 0 Å². The molecule has 6 heteroatoms. The van der Waals surface area contributed by atoms with Crippen molar-refractivity contribution < 1.29 is 8.42 Å². The van der Waals surface area contributed by atoms with Crippen molar-refractivity contribution in [3.05, 3.63) is 74.1 Å². The molecule has 0 saturated heterocycles. The third-order valence-corrected chi connectivity index (χ3v) is 4.97. The Hall–Kier alpha value is -1.000. The number of sulfone groups is 1. The second-order valence-corrected chi connectivity index (χ2v) is 7.55. The average Bonchev–Trinajstić information content (AvgIpc) is 2.42. The van der Waals surface area contributed by atoms with Crippen molar-refractivity contribution in [3.8, 4) is 0 Å². The van der Waals surface area contributed by atoms with Gasteiger partial charge >= 0.3 is 0 Å². The highest BCUT2D eigenvalue weighted by atomic mass is 35.5. The number of halogens is 3. The molecular weight excluding hydrogens is 351 g/mol. The largest absolute Gasteiger partial charge is 0.224 e. The Labute approximate surface area is 138 Å². The van der Waals surface area contributed by atoms with Gasteiger partial charge in [0.05, 0.1) is 15.8 Å². The maximum Gasteiger partial charge on any atom is 0.175 e. The molecule has 0 N–H and O–H groups in total. The SMILES string of the molecule is O=S(=O)(C=Cc1ccc(Cl)cc1)Cc1ccc(Cl)c(Cl)c1. The Morgan fingerprint density at radius 3 is 2.19 bits per heavy atom. The molecule has 0 heterocycles. The lowest BCUT2D eigenvalue weighted by molar-refractivity contribution is 0.604. The molecular formula is C15H11Cl3O2S. The summed E-state index contributed by atoms with van der Waals surface area (Å²) in [5.41, 5.74) is 1.35. The Balaban J connectivity index is 2.14. The fraction of sp³-hybridized carbons (Fsp3) is 0.0667. The van der Waals surface area contributed by atoms with Gasteiger partial charge < -0.3 is 0 Å². The molecule has 0 aromatic heterocycles. The fourth-order valence-electron chi connectivity index (χ4n) is 1.67. The molecule has 0 radical (unpaired) electrons. The molecule has 0 bridgehead atoms. The van der Waals surface area contributed by atoms with Crippen LogP contribution in [-0.2, 0) is 15.6 Å². The summed E-state index contributed by atoms with van der Waals surface area (Å²) in [7, 11) is -3.39. The van der Waals surface area contributed by atoms with E-state index in [0.717, 1.165) is 5.56 Å². The van der Waals surface area contributed by atoms with E-state index in [9.17, 15) is 8.42 Å². The van der Waals surface area contributed by atoms with Crippen LogP contribution in [0.3, 0.4) is 0 Å². The zero-order chi connectivity index (χ0) is 15.5. The normalized spacial score (nSPS) is 12.0. The molecule has 0 fully saturated rings. The molecule has 0 saturated carbocycles. The first-order valence-corrected chi connectivity index (χ1v) is 8.81. The van der Waals surface area contributed by atoms with Gasteiger partial charge in [-0.05, 0) is 41.5 Å². The van der Waals surface area contributed by atoms with Crippen molar-refractivity contribution in [1.82, 2.24) is 0 Å². The zero-order valence-electron chi connectivity index (χ0n) is 10.8. The summed E-state index contributed by atoms with van der Waals surface area (Å²) in [6.45, 7) is 0. The zero-order valence-corrected chi connectivity index (χ0v) is 13.8. The first kappa shape index (κ1) is 16.4. The van der Waals surface area contributed by atoms with Crippen molar-refractivity contribution in [3.63, 3.8) is 0 Å². The molecule has 0 unspecified atom stereocenters. The number of hydrogen-bond donors (Lipinski definition) is 0. The molecule has 2 rings (SSSR count). The predicted molar refractivity (Wildman–Crippen MR) is 89.6 cm³/mol. The third-order valence-electron chi connectivity index (χ3n) is 2.69. The fourth-order valence-corrected chi connectivity index (χ4v) is 3.22. The highest BCUT2D eigenvalue weighted by Crippen LogP contribution is 2.24. The number of benzene rings is 2. The summed E-state index contributed by atoms with van der Waals surface area (Å²) in [5, 5.41) is 2.52. The molecule has 2 aromatic rings. The Morgan fingerprint density at radius 2 is 1.57 bits per heavy atom. The van der Waals surface area contributed by atoms with E-state index in [0.29, 0.717) is 20.6 Å². The van der Waals surface area contributed by atoms with E-state index in [1.807, 2.05) is 0 Å². The third kappa shape index (κ3) is 5.04. The van der Waals surface area contributed by atoms with Gasteiger partial charge in [0, 0.05) is 10.4 Å². The summed E-state index contributed by atoms with van der Waals surface area (Å²) in [6.07, 6.45) is 1.53. The summed E-state index contributed by atoms with van der Waals surface area (Å²) < 4.78 is 24.1. The van der Waals surface area contributed by atoms with Crippen molar-refractivity contribution in [2.24, 2.45) is 0 Å². The molecule has 0 amide bonds. The minimum absolute atomic E-state index is 0.131. The Morgan fingerprint density at radius 1 is 0.905 bits per heavy atom. The van der Waals surface area contributed by atoms with Gasteiger partial charge in [0.2, 0.25) is 0 Å². The molecule has 0 atom stereocenters. The maximum absolute atomic E-state index is 12.0. The minimum Gasteiger partial charge on any atom is -0.224 e. The number of rotatable bonds is 4. The molecule has 2 nitrogen and oxygen atoms in total. The van der Waals surface area contributed by atoms with Gasteiger partial charge in [0.25, 0.3) is 0 Å². The van der Waals surface area contributed by atoms with Gasteiger partial charge in [0.15, 0.2) is 9.84 Å². The molecule has 0 aliphatic heterocycles. The quantitative estimate of drug-likeness (QED) is 0.747.